The Morgan fingerprint density at radius 1 is 1.12 bits per heavy atom. The molecule has 5 nitrogen and oxygen atoms in total. The van der Waals surface area contributed by atoms with E-state index in [1.807, 2.05) is 19.6 Å². The van der Waals surface area contributed by atoms with Gasteiger partial charge in [0.2, 0.25) is 9.84 Å². The Balaban J connectivity index is 2.51. The first-order chi connectivity index (χ1) is 11.1. The van der Waals surface area contributed by atoms with Crippen molar-refractivity contribution in [2.75, 3.05) is 7.11 Å². The number of phenolic OH excluding ortho intramolecular Hbond substituents is 1. The zero-order valence-corrected chi connectivity index (χ0v) is 15.7. The average molecular weight is 362 g/mol. The van der Waals surface area contributed by atoms with Crippen molar-refractivity contribution in [3.05, 3.63) is 41.5 Å². The second-order valence-corrected chi connectivity index (χ2v) is 13.7. The van der Waals surface area contributed by atoms with Gasteiger partial charge in [0, 0.05) is 5.56 Å². The summed E-state index contributed by atoms with van der Waals surface area (Å²) in [6.45, 7) is 5.96. The number of rotatable bonds is 2. The smallest absolute Gasteiger partial charge is 0.211 e. The Hall–Kier alpha value is -2.12. The van der Waals surface area contributed by atoms with Gasteiger partial charge < -0.3 is 9.84 Å². The number of methoxy groups -OCH3 is 1. The predicted molar refractivity (Wildman–Crippen MR) is 93.0 cm³/mol. The molecule has 3 rings (SSSR count). The zero-order valence-electron chi connectivity index (χ0n) is 13.9. The molecular weight excluding hydrogens is 344 g/mol. The topological polar surface area (TPSA) is 80.7 Å². The number of hydrogen-bond acceptors (Lipinski definition) is 5. The van der Waals surface area contributed by atoms with Crippen molar-refractivity contribution in [3.8, 4) is 11.5 Å². The fourth-order valence-electron chi connectivity index (χ4n) is 2.97. The van der Waals surface area contributed by atoms with Gasteiger partial charge in [0.1, 0.15) is 16.4 Å². The zero-order chi connectivity index (χ0) is 17.9. The molecule has 0 amide bonds. The van der Waals surface area contributed by atoms with E-state index in [1.165, 1.54) is 19.2 Å². The average Bonchev–Trinajstić information content (AvgIpc) is 2.51. The molecule has 0 saturated carbocycles. The number of carbonyl (C=O) groups excluding carboxylic acids is 1. The summed E-state index contributed by atoms with van der Waals surface area (Å²) < 4.78 is 31.4. The molecule has 0 radical (unpaired) electrons. The first-order valence-corrected chi connectivity index (χ1v) is 12.4. The van der Waals surface area contributed by atoms with Gasteiger partial charge in [-0.1, -0.05) is 31.8 Å². The first kappa shape index (κ1) is 16.7. The number of fused-ring (bicyclic) bond motifs is 2. The third kappa shape index (κ3) is 2.19. The number of benzene rings is 2. The molecule has 1 aliphatic heterocycles. The SMILES string of the molecule is COc1cc([Si](C)(C)C)c(O)c2c1C(=O)c1ccccc1S2(=O)=O. The summed E-state index contributed by atoms with van der Waals surface area (Å²) in [4.78, 5) is 12.4. The van der Waals surface area contributed by atoms with E-state index in [9.17, 15) is 18.3 Å². The van der Waals surface area contributed by atoms with Gasteiger partial charge >= 0.3 is 0 Å². The summed E-state index contributed by atoms with van der Waals surface area (Å²) >= 11 is 0. The molecule has 1 N–H and O–H groups in total. The van der Waals surface area contributed by atoms with E-state index in [0.717, 1.165) is 0 Å². The number of aromatic hydroxyl groups is 1. The van der Waals surface area contributed by atoms with E-state index in [0.29, 0.717) is 5.19 Å². The lowest BCUT2D eigenvalue weighted by molar-refractivity contribution is 0.102. The highest BCUT2D eigenvalue weighted by Crippen LogP contribution is 2.43. The Kier molecular flexibility index (Phi) is 3.61. The van der Waals surface area contributed by atoms with Gasteiger partial charge in [0.15, 0.2) is 5.78 Å². The molecule has 0 aliphatic carbocycles. The molecule has 24 heavy (non-hydrogen) atoms. The van der Waals surface area contributed by atoms with Gasteiger partial charge in [-0.15, -0.1) is 0 Å². The summed E-state index contributed by atoms with van der Waals surface area (Å²) in [5.74, 6) is -0.596. The summed E-state index contributed by atoms with van der Waals surface area (Å²) in [6, 6.07) is 7.63. The monoisotopic (exact) mass is 362 g/mol. The van der Waals surface area contributed by atoms with Crippen molar-refractivity contribution in [2.45, 2.75) is 29.4 Å². The minimum absolute atomic E-state index is 0.0763. The van der Waals surface area contributed by atoms with E-state index in [4.69, 9.17) is 4.74 Å². The molecule has 0 fully saturated rings. The van der Waals surface area contributed by atoms with Crippen LogP contribution < -0.4 is 9.92 Å². The number of hydrogen-bond donors (Lipinski definition) is 1. The molecule has 0 unspecified atom stereocenters. The highest BCUT2D eigenvalue weighted by molar-refractivity contribution is 7.92. The van der Waals surface area contributed by atoms with Crippen molar-refractivity contribution >= 4 is 28.9 Å². The molecule has 1 aliphatic rings. The molecule has 126 valence electrons. The Morgan fingerprint density at radius 2 is 1.75 bits per heavy atom. The number of carbonyl (C=O) groups is 1. The van der Waals surface area contributed by atoms with Crippen molar-refractivity contribution in [3.63, 3.8) is 0 Å². The molecule has 2 aromatic rings. The first-order valence-electron chi connectivity index (χ1n) is 7.44. The quantitative estimate of drug-likeness (QED) is 0.708. The van der Waals surface area contributed by atoms with Crippen molar-refractivity contribution in [1.29, 1.82) is 0 Å². The number of phenols is 1. The lowest BCUT2D eigenvalue weighted by Gasteiger charge is -2.26. The van der Waals surface area contributed by atoms with E-state index in [1.54, 1.807) is 18.2 Å². The number of sulfone groups is 1. The lowest BCUT2D eigenvalue weighted by Crippen LogP contribution is -2.39. The number of ketones is 1. The lowest BCUT2D eigenvalue weighted by atomic mass is 10.0. The fourth-order valence-corrected chi connectivity index (χ4v) is 6.21. The van der Waals surface area contributed by atoms with E-state index >= 15 is 0 Å². The van der Waals surface area contributed by atoms with Crippen LogP contribution in [0.15, 0.2) is 40.1 Å². The maximum absolute atomic E-state index is 13.1. The van der Waals surface area contributed by atoms with Crippen LogP contribution in [0.1, 0.15) is 15.9 Å². The molecule has 7 heteroatoms. The highest BCUT2D eigenvalue weighted by atomic mass is 32.2. The summed E-state index contributed by atoms with van der Waals surface area (Å²) in [7, 11) is -4.69. The Bertz CT molecular complexity index is 971. The molecule has 0 saturated heterocycles. The Morgan fingerprint density at radius 3 is 2.33 bits per heavy atom. The summed E-state index contributed by atoms with van der Waals surface area (Å²) in [6.07, 6.45) is 0. The fraction of sp³-hybridized carbons (Fsp3) is 0.235. The normalized spacial score (nSPS) is 15.6. The molecule has 0 atom stereocenters. The van der Waals surface area contributed by atoms with Crippen LogP contribution in [0.5, 0.6) is 11.5 Å². The summed E-state index contributed by atoms with van der Waals surface area (Å²) in [5.41, 5.74) is 0.0131. The second kappa shape index (κ2) is 5.19. The highest BCUT2D eigenvalue weighted by Gasteiger charge is 2.41. The van der Waals surface area contributed by atoms with E-state index < -0.39 is 23.7 Å². The van der Waals surface area contributed by atoms with Crippen LogP contribution >= 0.6 is 0 Å². The van der Waals surface area contributed by atoms with Crippen LogP contribution in [-0.2, 0) is 9.84 Å². The van der Waals surface area contributed by atoms with Gasteiger partial charge in [0.05, 0.1) is 25.6 Å². The standard InChI is InChI=1S/C17H18O5SSi/c1-22-11-9-13(24(2,3)4)16(19)17-14(11)15(18)10-7-5-6-8-12(10)23(17,20)21/h5-9,19H,1-4H3. The molecular formula is C17H18O5SSi. The van der Waals surface area contributed by atoms with Crippen LogP contribution in [-0.4, -0.2) is 34.5 Å². The van der Waals surface area contributed by atoms with Crippen molar-refractivity contribution < 1.29 is 23.1 Å². The maximum atomic E-state index is 13.1. The van der Waals surface area contributed by atoms with Gasteiger partial charge in [-0.2, -0.15) is 0 Å². The van der Waals surface area contributed by atoms with Gasteiger partial charge in [-0.3, -0.25) is 4.79 Å². The van der Waals surface area contributed by atoms with Crippen molar-refractivity contribution in [2.24, 2.45) is 0 Å². The van der Waals surface area contributed by atoms with Gasteiger partial charge in [0.25, 0.3) is 0 Å². The summed E-state index contributed by atoms with van der Waals surface area (Å²) in [5, 5.41) is 11.3. The van der Waals surface area contributed by atoms with Gasteiger partial charge in [-0.05, 0) is 23.4 Å². The van der Waals surface area contributed by atoms with Crippen LogP contribution in [0.4, 0.5) is 0 Å². The molecule has 2 aromatic carbocycles. The number of ether oxygens (including phenoxy) is 1. The van der Waals surface area contributed by atoms with Crippen LogP contribution in [0.2, 0.25) is 19.6 Å². The predicted octanol–water partition coefficient (Wildman–Crippen LogP) is 2.32. The van der Waals surface area contributed by atoms with Crippen LogP contribution in [0.3, 0.4) is 0 Å². The molecule has 0 aromatic heterocycles. The van der Waals surface area contributed by atoms with E-state index in [-0.39, 0.29) is 32.4 Å². The maximum Gasteiger partial charge on any atom is 0.211 e. The van der Waals surface area contributed by atoms with Gasteiger partial charge in [-0.25, -0.2) is 8.42 Å². The largest absolute Gasteiger partial charge is 0.507 e. The minimum atomic E-state index is -4.01. The van der Waals surface area contributed by atoms with Crippen LogP contribution in [0.25, 0.3) is 0 Å². The third-order valence-electron chi connectivity index (χ3n) is 4.16. The molecule has 1 heterocycles. The minimum Gasteiger partial charge on any atom is -0.507 e. The van der Waals surface area contributed by atoms with Crippen LogP contribution in [0, 0.1) is 0 Å². The van der Waals surface area contributed by atoms with Crippen molar-refractivity contribution in [1.82, 2.24) is 0 Å². The molecule has 0 spiro atoms. The second-order valence-electron chi connectivity index (χ2n) is 6.76. The Labute approximate surface area is 141 Å². The molecule has 0 bridgehead atoms. The third-order valence-corrected chi connectivity index (χ3v) is 8.03. The van der Waals surface area contributed by atoms with E-state index in [2.05, 4.69) is 0 Å².